The third-order valence-corrected chi connectivity index (χ3v) is 8.68. The second kappa shape index (κ2) is 9.85. The first-order chi connectivity index (χ1) is 18.1. The van der Waals surface area contributed by atoms with Crippen LogP contribution in [0.2, 0.25) is 0 Å². The van der Waals surface area contributed by atoms with Gasteiger partial charge in [-0.25, -0.2) is 19.3 Å². The summed E-state index contributed by atoms with van der Waals surface area (Å²) >= 11 is 2.49. The third kappa shape index (κ3) is 4.43. The van der Waals surface area contributed by atoms with Gasteiger partial charge in [0.05, 0.1) is 18.7 Å². The zero-order valence-electron chi connectivity index (χ0n) is 20.4. The Hall–Kier alpha value is -3.76. The van der Waals surface area contributed by atoms with Crippen LogP contribution in [0.1, 0.15) is 19.0 Å². The van der Waals surface area contributed by atoms with Crippen LogP contribution in [0.4, 0.5) is 5.13 Å². The molecule has 0 radical (unpaired) electrons. The topological polar surface area (TPSA) is 189 Å². The van der Waals surface area contributed by atoms with Gasteiger partial charge in [0.15, 0.2) is 17.2 Å². The van der Waals surface area contributed by atoms with E-state index in [0.29, 0.717) is 35.3 Å². The standard InChI is InChI=1S/C22H24N8O6S2/c1-10(31)25-12-3-13-4-24-9-30(13,6-12)5-11-7-37-20-16(19(33)29(20)17(11)21(34)35)27-18(32)15(28-36-2)14-8-38-22(23)26-14/h4,8-9,12,16,20H,3,5-7H2,1-2H3,(H4-,23,25,26,27,31,32,34,35)/p+1/b28-15-/t12?,16-,20-,30?/m1/s1. The number of amides is 3. The molecule has 0 aromatic carbocycles. The molecule has 2 saturated heterocycles. The molecular weight excluding hydrogens is 536 g/mol. The fourth-order valence-electron chi connectivity index (χ4n) is 5.18. The van der Waals surface area contributed by atoms with Crippen LogP contribution >= 0.6 is 23.1 Å². The van der Waals surface area contributed by atoms with Gasteiger partial charge in [-0.1, -0.05) is 5.16 Å². The number of fused-ring (bicyclic) bond motifs is 2. The number of aromatic nitrogens is 1. The Balaban J connectivity index is 1.35. The number of thiazole rings is 1. The van der Waals surface area contributed by atoms with Crippen molar-refractivity contribution in [3.63, 3.8) is 0 Å². The number of hydrogen-bond acceptors (Lipinski definition) is 11. The highest BCUT2D eigenvalue weighted by molar-refractivity contribution is 8.00. The first-order valence-corrected chi connectivity index (χ1v) is 13.5. The van der Waals surface area contributed by atoms with Crippen LogP contribution in [-0.4, -0.2) is 98.6 Å². The number of β-lactam (4-membered cyclic amide) rings is 1. The number of aliphatic imine (C=N–C) groups is 1. The lowest BCUT2D eigenvalue weighted by atomic mass is 10.0. The summed E-state index contributed by atoms with van der Waals surface area (Å²) in [6.45, 7) is 2.30. The van der Waals surface area contributed by atoms with E-state index in [1.165, 1.54) is 30.7 Å². The fraction of sp³-hybridized carbons (Fsp3) is 0.409. The number of carbonyl (C=O) groups excluding carboxylic acids is 3. The number of carbonyl (C=O) groups is 4. The summed E-state index contributed by atoms with van der Waals surface area (Å²) < 4.78 is 0.304. The second-order valence-corrected chi connectivity index (χ2v) is 11.2. The van der Waals surface area contributed by atoms with Gasteiger partial charge >= 0.3 is 5.97 Å². The number of nitrogens with one attached hydrogen (secondary N) is 2. The maximum absolute atomic E-state index is 13.2. The van der Waals surface area contributed by atoms with Crippen LogP contribution < -0.4 is 16.4 Å². The zero-order chi connectivity index (χ0) is 27.2. The molecule has 4 aliphatic heterocycles. The lowest BCUT2D eigenvalue weighted by molar-refractivity contribution is -0.778. The Morgan fingerprint density at radius 3 is 2.82 bits per heavy atom. The van der Waals surface area contributed by atoms with Gasteiger partial charge in [-0.15, -0.1) is 23.1 Å². The fourth-order valence-corrected chi connectivity index (χ4v) is 7.07. The molecule has 2 unspecified atom stereocenters. The normalized spacial score (nSPS) is 27.9. The van der Waals surface area contributed by atoms with Crippen LogP contribution in [0.15, 0.2) is 38.7 Å². The largest absolute Gasteiger partial charge is 0.477 e. The SMILES string of the molecule is CO/N=C(\C(=O)N[C@@H]1C(=O)N2C(C(=O)O)=C(C[N+]34C=NC=C3CC(NC(C)=O)C4)CS[C@H]12)c1csc(N)n1. The number of aliphatic carboxylic acids is 1. The Labute approximate surface area is 224 Å². The molecule has 0 saturated carbocycles. The Kier molecular flexibility index (Phi) is 6.70. The molecule has 0 spiro atoms. The smallest absolute Gasteiger partial charge is 0.352 e. The van der Waals surface area contributed by atoms with Crippen molar-refractivity contribution >= 4 is 64.0 Å². The number of oxime groups is 1. The minimum absolute atomic E-state index is 0.0857. The molecule has 5 rings (SSSR count). The van der Waals surface area contributed by atoms with E-state index in [-0.39, 0.29) is 34.2 Å². The van der Waals surface area contributed by atoms with Gasteiger partial charge in [0.25, 0.3) is 11.8 Å². The van der Waals surface area contributed by atoms with Gasteiger partial charge in [0, 0.05) is 23.6 Å². The number of hydrogen-bond donors (Lipinski definition) is 4. The number of carboxylic acids is 1. The van der Waals surface area contributed by atoms with Crippen LogP contribution in [0, 0.1) is 0 Å². The van der Waals surface area contributed by atoms with E-state index in [2.05, 4.69) is 25.8 Å². The average molecular weight is 562 g/mol. The second-order valence-electron chi connectivity index (χ2n) is 9.17. The van der Waals surface area contributed by atoms with Crippen molar-refractivity contribution in [2.24, 2.45) is 10.1 Å². The minimum Gasteiger partial charge on any atom is -0.477 e. The van der Waals surface area contributed by atoms with Crippen molar-refractivity contribution in [1.82, 2.24) is 20.5 Å². The van der Waals surface area contributed by atoms with Gasteiger partial charge in [-0.2, -0.15) is 0 Å². The molecule has 3 amide bonds. The molecule has 0 bridgehead atoms. The van der Waals surface area contributed by atoms with E-state index in [1.807, 2.05) is 0 Å². The Morgan fingerprint density at radius 1 is 1.37 bits per heavy atom. The molecule has 1 aromatic rings. The molecule has 38 heavy (non-hydrogen) atoms. The lowest BCUT2D eigenvalue weighted by Crippen LogP contribution is -2.71. The number of anilines is 1. The monoisotopic (exact) mass is 561 g/mol. The zero-order valence-corrected chi connectivity index (χ0v) is 22.0. The number of nitrogen functional groups attached to an aromatic ring is 1. The lowest BCUT2D eigenvalue weighted by Gasteiger charge is -2.49. The van der Waals surface area contributed by atoms with Crippen LogP contribution in [-0.2, 0) is 24.0 Å². The van der Waals surface area contributed by atoms with Crippen molar-refractivity contribution in [1.29, 1.82) is 0 Å². The predicted molar refractivity (Wildman–Crippen MR) is 139 cm³/mol. The summed E-state index contributed by atoms with van der Waals surface area (Å²) in [6, 6.07) is -1.04. The molecule has 4 aliphatic rings. The first-order valence-electron chi connectivity index (χ1n) is 11.5. The molecule has 2 fully saturated rings. The van der Waals surface area contributed by atoms with Gasteiger partial charge < -0.3 is 26.3 Å². The van der Waals surface area contributed by atoms with Crippen LogP contribution in [0.5, 0.6) is 0 Å². The van der Waals surface area contributed by atoms with Gasteiger partial charge in [-0.05, 0) is 0 Å². The third-order valence-electron chi connectivity index (χ3n) is 6.66. The van der Waals surface area contributed by atoms with E-state index in [4.69, 9.17) is 10.6 Å². The number of thioether (sulfide) groups is 1. The minimum atomic E-state index is -1.22. The molecule has 0 aliphatic carbocycles. The highest BCUT2D eigenvalue weighted by Gasteiger charge is 2.56. The Morgan fingerprint density at radius 2 is 2.16 bits per heavy atom. The number of nitrogens with zero attached hydrogens (tertiary/aromatic N) is 5. The van der Waals surface area contributed by atoms with Crippen molar-refractivity contribution in [3.8, 4) is 0 Å². The average Bonchev–Trinajstić information content (AvgIpc) is 3.53. The Bertz CT molecular complexity index is 1350. The number of nitrogens with two attached hydrogens (primary N) is 1. The van der Waals surface area contributed by atoms with Crippen LogP contribution in [0.3, 0.4) is 0 Å². The van der Waals surface area contributed by atoms with Crippen molar-refractivity contribution in [3.05, 3.63) is 34.2 Å². The molecule has 1 aromatic heterocycles. The van der Waals surface area contributed by atoms with E-state index in [1.54, 1.807) is 17.9 Å². The van der Waals surface area contributed by atoms with Gasteiger partial charge in [-0.3, -0.25) is 19.3 Å². The summed E-state index contributed by atoms with van der Waals surface area (Å²) in [7, 11) is 1.28. The number of rotatable bonds is 8. The molecule has 200 valence electrons. The predicted octanol–water partition coefficient (Wildman–Crippen LogP) is -0.577. The van der Waals surface area contributed by atoms with E-state index >= 15 is 0 Å². The molecule has 5 N–H and O–H groups in total. The molecule has 5 heterocycles. The van der Waals surface area contributed by atoms with E-state index < -0.39 is 29.2 Å². The summed E-state index contributed by atoms with van der Waals surface area (Å²) in [4.78, 5) is 64.4. The van der Waals surface area contributed by atoms with Crippen molar-refractivity contribution in [2.75, 3.05) is 31.7 Å². The molecule has 16 heteroatoms. The summed E-state index contributed by atoms with van der Waals surface area (Å²) in [5, 5.41) is 20.6. The van der Waals surface area contributed by atoms with Crippen LogP contribution in [0.25, 0.3) is 0 Å². The molecule has 4 atom stereocenters. The molecule has 14 nitrogen and oxygen atoms in total. The van der Waals surface area contributed by atoms with Gasteiger partial charge in [0.2, 0.25) is 5.91 Å². The highest BCUT2D eigenvalue weighted by atomic mass is 32.2. The summed E-state index contributed by atoms with van der Waals surface area (Å²) in [5.74, 6) is -2.24. The summed E-state index contributed by atoms with van der Waals surface area (Å²) in [5.41, 5.74) is 7.19. The van der Waals surface area contributed by atoms with Crippen molar-refractivity contribution in [2.45, 2.75) is 30.8 Å². The first kappa shape index (κ1) is 25.9. The molecular formula is C22H25N8O6S2+. The number of quaternary nitrogens is 1. The van der Waals surface area contributed by atoms with E-state index in [0.717, 1.165) is 17.0 Å². The van der Waals surface area contributed by atoms with E-state index in [9.17, 15) is 24.3 Å². The quantitative estimate of drug-likeness (QED) is 0.139. The maximum Gasteiger partial charge on any atom is 0.352 e. The highest BCUT2D eigenvalue weighted by Crippen LogP contribution is 2.43. The van der Waals surface area contributed by atoms with Crippen molar-refractivity contribution < 1.29 is 33.6 Å². The van der Waals surface area contributed by atoms with Gasteiger partial charge in [0.1, 0.15) is 48.7 Å². The number of carboxylic acid groups (broad SMARTS) is 1. The maximum atomic E-state index is 13.2. The summed E-state index contributed by atoms with van der Waals surface area (Å²) in [6.07, 6.45) is 4.11.